The van der Waals surface area contributed by atoms with Gasteiger partial charge in [-0.2, -0.15) is 0 Å². The van der Waals surface area contributed by atoms with Crippen LogP contribution in [0.3, 0.4) is 0 Å². The molecule has 0 radical (unpaired) electrons. The molecule has 0 aliphatic heterocycles. The molecule has 2 rings (SSSR count). The largest absolute Gasteiger partial charge is 0.399 e. The average molecular weight is 248 g/mol. The van der Waals surface area contributed by atoms with Crippen LogP contribution in [-0.2, 0) is 4.74 Å². The number of hydrogen-bond donors (Lipinski definition) is 2. The van der Waals surface area contributed by atoms with Gasteiger partial charge in [0.2, 0.25) is 0 Å². The average Bonchev–Trinajstić information content (AvgIpc) is 2.33. The minimum atomic E-state index is -0.0741. The van der Waals surface area contributed by atoms with Gasteiger partial charge in [0, 0.05) is 29.8 Å². The molecule has 2 atom stereocenters. The summed E-state index contributed by atoms with van der Waals surface area (Å²) in [6.45, 7) is 4.21. The Kier molecular flexibility index (Phi) is 3.30. The van der Waals surface area contributed by atoms with Crippen LogP contribution in [0.25, 0.3) is 0 Å². The van der Waals surface area contributed by atoms with E-state index in [1.54, 1.807) is 31.4 Å². The van der Waals surface area contributed by atoms with Gasteiger partial charge in [-0.1, -0.05) is 19.9 Å². The van der Waals surface area contributed by atoms with Crippen molar-refractivity contribution in [2.24, 2.45) is 5.41 Å². The fraction of sp³-hybridized carbons (Fsp3) is 0.500. The molecule has 0 spiro atoms. The molecule has 2 unspecified atom stereocenters. The molecule has 0 saturated heterocycles. The van der Waals surface area contributed by atoms with E-state index in [4.69, 9.17) is 10.5 Å². The SMILES string of the molecule is COC1CC(NC(=O)c2cccc(N)c2)C1(C)C. The van der Waals surface area contributed by atoms with E-state index in [-0.39, 0.29) is 23.5 Å². The lowest BCUT2D eigenvalue weighted by atomic mass is 9.64. The van der Waals surface area contributed by atoms with Crippen molar-refractivity contribution in [3.8, 4) is 0 Å². The van der Waals surface area contributed by atoms with Crippen LogP contribution < -0.4 is 11.1 Å². The Bertz CT molecular complexity index is 457. The number of nitrogens with one attached hydrogen (secondary N) is 1. The summed E-state index contributed by atoms with van der Waals surface area (Å²) in [5.74, 6) is -0.0741. The van der Waals surface area contributed by atoms with Crippen LogP contribution >= 0.6 is 0 Å². The van der Waals surface area contributed by atoms with Crippen molar-refractivity contribution in [3.05, 3.63) is 29.8 Å². The minimum absolute atomic E-state index is 0.0231. The first kappa shape index (κ1) is 12.9. The van der Waals surface area contributed by atoms with Gasteiger partial charge in [-0.05, 0) is 24.6 Å². The smallest absolute Gasteiger partial charge is 0.251 e. The molecule has 1 aromatic carbocycles. The number of nitrogens with two attached hydrogens (primary N) is 1. The van der Waals surface area contributed by atoms with Crippen molar-refractivity contribution >= 4 is 11.6 Å². The van der Waals surface area contributed by atoms with Gasteiger partial charge in [-0.25, -0.2) is 0 Å². The highest BCUT2D eigenvalue weighted by Gasteiger charge is 2.49. The monoisotopic (exact) mass is 248 g/mol. The van der Waals surface area contributed by atoms with Crippen molar-refractivity contribution in [2.75, 3.05) is 12.8 Å². The number of amides is 1. The standard InChI is InChI=1S/C14H20N2O2/c1-14(2)11(8-12(14)18-3)16-13(17)9-5-4-6-10(15)7-9/h4-7,11-12H,8,15H2,1-3H3,(H,16,17). The molecular formula is C14H20N2O2. The molecule has 0 aromatic heterocycles. The number of benzene rings is 1. The predicted octanol–water partition coefficient (Wildman–Crippen LogP) is 1.81. The van der Waals surface area contributed by atoms with E-state index < -0.39 is 0 Å². The third-order valence-corrected chi connectivity index (χ3v) is 3.92. The molecule has 0 bridgehead atoms. The van der Waals surface area contributed by atoms with E-state index in [9.17, 15) is 4.79 Å². The highest BCUT2D eigenvalue weighted by molar-refractivity contribution is 5.95. The molecule has 4 heteroatoms. The molecule has 4 nitrogen and oxygen atoms in total. The number of hydrogen-bond acceptors (Lipinski definition) is 3. The Hall–Kier alpha value is -1.55. The zero-order valence-electron chi connectivity index (χ0n) is 11.1. The first-order chi connectivity index (χ1) is 8.45. The maximum atomic E-state index is 12.1. The summed E-state index contributed by atoms with van der Waals surface area (Å²) < 4.78 is 5.37. The fourth-order valence-electron chi connectivity index (χ4n) is 2.45. The van der Waals surface area contributed by atoms with Crippen LogP contribution in [0.1, 0.15) is 30.6 Å². The summed E-state index contributed by atoms with van der Waals surface area (Å²) in [5, 5.41) is 3.04. The van der Waals surface area contributed by atoms with Crippen molar-refractivity contribution < 1.29 is 9.53 Å². The van der Waals surface area contributed by atoms with Crippen molar-refractivity contribution in [3.63, 3.8) is 0 Å². The summed E-state index contributed by atoms with van der Waals surface area (Å²) in [4.78, 5) is 12.1. The predicted molar refractivity (Wildman–Crippen MR) is 71.3 cm³/mol. The number of carbonyl (C=O) groups excluding carboxylic acids is 1. The lowest BCUT2D eigenvalue weighted by molar-refractivity contribution is -0.0942. The van der Waals surface area contributed by atoms with E-state index in [2.05, 4.69) is 19.2 Å². The van der Waals surface area contributed by atoms with Gasteiger partial charge in [-0.3, -0.25) is 4.79 Å². The van der Waals surface area contributed by atoms with Crippen LogP contribution in [0, 0.1) is 5.41 Å². The van der Waals surface area contributed by atoms with Gasteiger partial charge in [0.05, 0.1) is 6.10 Å². The molecule has 1 fully saturated rings. The second-order valence-corrected chi connectivity index (χ2v) is 5.43. The maximum absolute atomic E-state index is 12.1. The molecule has 98 valence electrons. The Morgan fingerprint density at radius 2 is 2.22 bits per heavy atom. The Morgan fingerprint density at radius 3 is 2.78 bits per heavy atom. The normalized spacial score (nSPS) is 25.3. The first-order valence-electron chi connectivity index (χ1n) is 6.14. The zero-order chi connectivity index (χ0) is 13.3. The summed E-state index contributed by atoms with van der Waals surface area (Å²) in [7, 11) is 1.71. The van der Waals surface area contributed by atoms with Gasteiger partial charge in [0.25, 0.3) is 5.91 Å². The Morgan fingerprint density at radius 1 is 1.50 bits per heavy atom. The number of methoxy groups -OCH3 is 1. The molecule has 3 N–H and O–H groups in total. The quantitative estimate of drug-likeness (QED) is 0.802. The number of nitrogen functional groups attached to an aromatic ring is 1. The molecule has 1 aromatic rings. The van der Waals surface area contributed by atoms with Crippen LogP contribution in [-0.4, -0.2) is 25.2 Å². The highest BCUT2D eigenvalue weighted by Crippen LogP contribution is 2.42. The third kappa shape index (κ3) is 2.20. The van der Waals surface area contributed by atoms with E-state index in [0.29, 0.717) is 11.3 Å². The maximum Gasteiger partial charge on any atom is 0.251 e. The number of anilines is 1. The van der Waals surface area contributed by atoms with Gasteiger partial charge in [0.15, 0.2) is 0 Å². The van der Waals surface area contributed by atoms with E-state index in [0.717, 1.165) is 6.42 Å². The molecule has 1 amide bonds. The van der Waals surface area contributed by atoms with Crippen molar-refractivity contribution in [2.45, 2.75) is 32.4 Å². The first-order valence-corrected chi connectivity index (χ1v) is 6.14. The topological polar surface area (TPSA) is 64.3 Å². The van der Waals surface area contributed by atoms with Crippen molar-refractivity contribution in [1.29, 1.82) is 0 Å². The van der Waals surface area contributed by atoms with E-state index in [1.165, 1.54) is 0 Å². The van der Waals surface area contributed by atoms with E-state index in [1.807, 2.05) is 0 Å². The van der Waals surface area contributed by atoms with Crippen LogP contribution in [0.4, 0.5) is 5.69 Å². The number of rotatable bonds is 3. The minimum Gasteiger partial charge on any atom is -0.399 e. The molecule has 18 heavy (non-hydrogen) atoms. The van der Waals surface area contributed by atoms with Gasteiger partial charge < -0.3 is 15.8 Å². The van der Waals surface area contributed by atoms with E-state index >= 15 is 0 Å². The summed E-state index contributed by atoms with van der Waals surface area (Å²) in [5.41, 5.74) is 6.85. The molecule has 1 saturated carbocycles. The van der Waals surface area contributed by atoms with Gasteiger partial charge in [-0.15, -0.1) is 0 Å². The molecule has 0 heterocycles. The Labute approximate surface area is 108 Å². The lowest BCUT2D eigenvalue weighted by Gasteiger charge is -2.51. The zero-order valence-corrected chi connectivity index (χ0v) is 11.1. The lowest BCUT2D eigenvalue weighted by Crippen LogP contribution is -2.61. The summed E-state index contributed by atoms with van der Waals surface area (Å²) in [6.07, 6.45) is 1.07. The second kappa shape index (κ2) is 4.61. The number of ether oxygens (including phenoxy) is 1. The number of carbonyl (C=O) groups is 1. The van der Waals surface area contributed by atoms with Gasteiger partial charge >= 0.3 is 0 Å². The van der Waals surface area contributed by atoms with Crippen LogP contribution in [0.2, 0.25) is 0 Å². The molecular weight excluding hydrogens is 228 g/mol. The molecule has 1 aliphatic rings. The summed E-state index contributed by atoms with van der Waals surface area (Å²) in [6, 6.07) is 7.16. The molecule has 1 aliphatic carbocycles. The van der Waals surface area contributed by atoms with Crippen molar-refractivity contribution in [1.82, 2.24) is 5.32 Å². The highest BCUT2D eigenvalue weighted by atomic mass is 16.5. The summed E-state index contributed by atoms with van der Waals surface area (Å²) >= 11 is 0. The third-order valence-electron chi connectivity index (χ3n) is 3.92. The fourth-order valence-corrected chi connectivity index (χ4v) is 2.45. The van der Waals surface area contributed by atoms with Gasteiger partial charge in [0.1, 0.15) is 0 Å². The van der Waals surface area contributed by atoms with Crippen LogP contribution in [0.5, 0.6) is 0 Å². The second-order valence-electron chi connectivity index (χ2n) is 5.43. The Balaban J connectivity index is 2.01. The van der Waals surface area contributed by atoms with Crippen LogP contribution in [0.15, 0.2) is 24.3 Å².